The maximum atomic E-state index is 12.0. The lowest BCUT2D eigenvalue weighted by atomic mass is 9.83. The average Bonchev–Trinajstić information content (AvgIpc) is 2.41. The van der Waals surface area contributed by atoms with E-state index in [-0.39, 0.29) is 5.91 Å². The van der Waals surface area contributed by atoms with Gasteiger partial charge >= 0.3 is 0 Å². The number of nitrogen functional groups attached to an aromatic ring is 1. The summed E-state index contributed by atoms with van der Waals surface area (Å²) in [5.41, 5.74) is 6.65. The van der Waals surface area contributed by atoms with Gasteiger partial charge in [0.15, 0.2) is 0 Å². The summed E-state index contributed by atoms with van der Waals surface area (Å²) >= 11 is 0. The molecule has 0 spiro atoms. The van der Waals surface area contributed by atoms with Gasteiger partial charge in [0.1, 0.15) is 5.69 Å². The van der Waals surface area contributed by atoms with Crippen molar-refractivity contribution in [3.05, 3.63) is 24.0 Å². The zero-order valence-electron chi connectivity index (χ0n) is 11.6. The second kappa shape index (κ2) is 6.55. The molecular formula is C15H23N3O. The predicted octanol–water partition coefficient (Wildman–Crippen LogP) is 2.75. The highest BCUT2D eigenvalue weighted by Gasteiger charge is 2.22. The van der Waals surface area contributed by atoms with Crippen LogP contribution in [0.3, 0.4) is 0 Å². The highest BCUT2D eigenvalue weighted by Crippen LogP contribution is 2.27. The lowest BCUT2D eigenvalue weighted by Crippen LogP contribution is -2.38. The Bertz CT molecular complexity index is 425. The Labute approximate surface area is 114 Å². The fourth-order valence-electron chi connectivity index (χ4n) is 2.83. The molecule has 1 saturated carbocycles. The van der Waals surface area contributed by atoms with E-state index in [1.807, 2.05) is 0 Å². The van der Waals surface area contributed by atoms with Gasteiger partial charge in [-0.25, -0.2) is 0 Å². The van der Waals surface area contributed by atoms with Gasteiger partial charge in [-0.1, -0.05) is 19.8 Å². The Morgan fingerprint density at radius 3 is 2.79 bits per heavy atom. The van der Waals surface area contributed by atoms with Crippen LogP contribution in [0.5, 0.6) is 0 Å². The Balaban J connectivity index is 1.84. The third-order valence-corrected chi connectivity index (χ3v) is 3.90. The molecule has 19 heavy (non-hydrogen) atoms. The molecule has 0 unspecified atom stereocenters. The molecule has 4 nitrogen and oxygen atoms in total. The average molecular weight is 261 g/mol. The Kier molecular flexibility index (Phi) is 4.77. The molecule has 1 aromatic rings. The van der Waals surface area contributed by atoms with E-state index in [1.54, 1.807) is 18.3 Å². The second-order valence-electron chi connectivity index (χ2n) is 5.45. The zero-order chi connectivity index (χ0) is 13.7. The smallest absolute Gasteiger partial charge is 0.270 e. The van der Waals surface area contributed by atoms with E-state index in [2.05, 4.69) is 17.2 Å². The van der Waals surface area contributed by atoms with E-state index in [9.17, 15) is 4.79 Å². The second-order valence-corrected chi connectivity index (χ2v) is 5.45. The number of nitrogens with one attached hydrogen (secondary N) is 1. The molecule has 0 radical (unpaired) electrons. The summed E-state index contributed by atoms with van der Waals surface area (Å²) in [7, 11) is 0. The molecule has 0 aromatic carbocycles. The van der Waals surface area contributed by atoms with Crippen LogP contribution < -0.4 is 11.1 Å². The molecule has 3 N–H and O–H groups in total. The predicted molar refractivity (Wildman–Crippen MR) is 76.8 cm³/mol. The summed E-state index contributed by atoms with van der Waals surface area (Å²) in [6, 6.07) is 3.61. The minimum Gasteiger partial charge on any atom is -0.399 e. The molecule has 1 aliphatic carbocycles. The zero-order valence-corrected chi connectivity index (χ0v) is 11.6. The van der Waals surface area contributed by atoms with Crippen molar-refractivity contribution in [3.63, 3.8) is 0 Å². The summed E-state index contributed by atoms with van der Waals surface area (Å²) < 4.78 is 0. The monoisotopic (exact) mass is 261 g/mol. The molecule has 1 heterocycles. The molecule has 1 aliphatic rings. The minimum absolute atomic E-state index is 0.105. The van der Waals surface area contributed by atoms with E-state index in [0.29, 0.717) is 17.4 Å². The molecule has 0 saturated heterocycles. The molecule has 0 atom stereocenters. The number of nitrogens with zero attached hydrogens (tertiary/aromatic N) is 1. The molecular weight excluding hydrogens is 238 g/mol. The number of carbonyl (C=O) groups is 1. The number of aromatic nitrogens is 1. The maximum Gasteiger partial charge on any atom is 0.270 e. The van der Waals surface area contributed by atoms with E-state index in [4.69, 9.17) is 5.73 Å². The van der Waals surface area contributed by atoms with Crippen LogP contribution in [-0.2, 0) is 0 Å². The van der Waals surface area contributed by atoms with Crippen LogP contribution >= 0.6 is 0 Å². The minimum atomic E-state index is -0.105. The summed E-state index contributed by atoms with van der Waals surface area (Å²) in [5, 5.41) is 3.07. The number of amides is 1. The molecule has 2 rings (SSSR count). The molecule has 1 amide bonds. The van der Waals surface area contributed by atoms with Gasteiger partial charge in [-0.05, 0) is 43.7 Å². The van der Waals surface area contributed by atoms with Gasteiger partial charge in [-0.15, -0.1) is 0 Å². The number of rotatable bonds is 4. The van der Waals surface area contributed by atoms with Crippen molar-refractivity contribution < 1.29 is 4.79 Å². The highest BCUT2D eigenvalue weighted by atomic mass is 16.1. The molecule has 4 heteroatoms. The van der Waals surface area contributed by atoms with Gasteiger partial charge in [0.2, 0.25) is 0 Å². The van der Waals surface area contributed by atoms with Crippen molar-refractivity contribution in [2.45, 2.75) is 51.5 Å². The van der Waals surface area contributed by atoms with Crippen molar-refractivity contribution in [1.29, 1.82) is 0 Å². The fraction of sp³-hybridized carbons (Fsp3) is 0.600. The number of anilines is 1. The first-order valence-electron chi connectivity index (χ1n) is 7.21. The maximum absolute atomic E-state index is 12.0. The van der Waals surface area contributed by atoms with E-state index < -0.39 is 0 Å². The first-order chi connectivity index (χ1) is 9.19. The normalized spacial score (nSPS) is 23.0. The van der Waals surface area contributed by atoms with Crippen LogP contribution in [0.2, 0.25) is 0 Å². The number of hydrogen-bond acceptors (Lipinski definition) is 3. The lowest BCUT2D eigenvalue weighted by Gasteiger charge is -2.28. The van der Waals surface area contributed by atoms with Crippen molar-refractivity contribution >= 4 is 11.6 Å². The van der Waals surface area contributed by atoms with Crippen molar-refractivity contribution in [2.24, 2.45) is 5.92 Å². The van der Waals surface area contributed by atoms with Crippen molar-refractivity contribution in [2.75, 3.05) is 5.73 Å². The topological polar surface area (TPSA) is 68.0 Å². The first kappa shape index (κ1) is 13.8. The third kappa shape index (κ3) is 3.94. The van der Waals surface area contributed by atoms with Crippen LogP contribution in [0.4, 0.5) is 5.69 Å². The molecule has 104 valence electrons. The van der Waals surface area contributed by atoms with Crippen molar-refractivity contribution in [3.8, 4) is 0 Å². The SMILES string of the molecule is CCCC1CCC(NC(=O)c2cc(N)ccn2)CC1. The number of pyridine rings is 1. The number of hydrogen-bond donors (Lipinski definition) is 2. The van der Waals surface area contributed by atoms with Crippen LogP contribution in [0, 0.1) is 5.92 Å². The molecule has 1 aromatic heterocycles. The summed E-state index contributed by atoms with van der Waals surface area (Å²) in [5.74, 6) is 0.745. The van der Waals surface area contributed by atoms with Crippen LogP contribution in [-0.4, -0.2) is 16.9 Å². The van der Waals surface area contributed by atoms with Gasteiger partial charge in [0, 0.05) is 17.9 Å². The van der Waals surface area contributed by atoms with E-state index in [0.717, 1.165) is 18.8 Å². The lowest BCUT2D eigenvalue weighted by molar-refractivity contribution is 0.0916. The standard InChI is InChI=1S/C15H23N3O/c1-2-3-11-4-6-13(7-5-11)18-15(19)14-10-12(16)8-9-17-14/h8-11,13H,2-7H2,1H3,(H2,16,17)(H,18,19). The van der Waals surface area contributed by atoms with Gasteiger partial charge in [0.05, 0.1) is 0 Å². The van der Waals surface area contributed by atoms with Crippen LogP contribution in [0.1, 0.15) is 55.9 Å². The molecule has 0 bridgehead atoms. The molecule has 0 aliphatic heterocycles. The highest BCUT2D eigenvalue weighted by molar-refractivity contribution is 5.93. The van der Waals surface area contributed by atoms with Gasteiger partial charge in [0.25, 0.3) is 5.91 Å². The van der Waals surface area contributed by atoms with Gasteiger partial charge in [-0.2, -0.15) is 0 Å². The van der Waals surface area contributed by atoms with Gasteiger partial charge in [-0.3, -0.25) is 9.78 Å². The van der Waals surface area contributed by atoms with Crippen LogP contribution in [0.15, 0.2) is 18.3 Å². The first-order valence-corrected chi connectivity index (χ1v) is 7.21. The Morgan fingerprint density at radius 1 is 1.42 bits per heavy atom. The van der Waals surface area contributed by atoms with Gasteiger partial charge < -0.3 is 11.1 Å². The fourth-order valence-corrected chi connectivity index (χ4v) is 2.83. The Hall–Kier alpha value is -1.58. The van der Waals surface area contributed by atoms with E-state index in [1.165, 1.54) is 25.7 Å². The van der Waals surface area contributed by atoms with E-state index >= 15 is 0 Å². The number of carbonyl (C=O) groups excluding carboxylic acids is 1. The third-order valence-electron chi connectivity index (χ3n) is 3.90. The van der Waals surface area contributed by atoms with Crippen LogP contribution in [0.25, 0.3) is 0 Å². The quantitative estimate of drug-likeness (QED) is 0.875. The summed E-state index contributed by atoms with van der Waals surface area (Å²) in [4.78, 5) is 16.1. The summed E-state index contributed by atoms with van der Waals surface area (Å²) in [6.07, 6.45) is 8.76. The number of nitrogens with two attached hydrogens (primary N) is 1. The largest absolute Gasteiger partial charge is 0.399 e. The Morgan fingerprint density at radius 2 is 2.16 bits per heavy atom. The van der Waals surface area contributed by atoms with Crippen molar-refractivity contribution in [1.82, 2.24) is 10.3 Å². The summed E-state index contributed by atoms with van der Waals surface area (Å²) in [6.45, 7) is 2.24. The molecule has 1 fully saturated rings.